The van der Waals surface area contributed by atoms with E-state index in [9.17, 15) is 18.0 Å². The maximum absolute atomic E-state index is 13.1. The van der Waals surface area contributed by atoms with Crippen LogP contribution in [0.4, 0.5) is 18.9 Å². The van der Waals surface area contributed by atoms with Crippen LogP contribution in [0.25, 0.3) is 0 Å². The Bertz CT molecular complexity index is 614. The van der Waals surface area contributed by atoms with Gasteiger partial charge in [-0.15, -0.1) is 0 Å². The van der Waals surface area contributed by atoms with Crippen molar-refractivity contribution in [1.29, 1.82) is 0 Å². The number of nitrogens with zero attached hydrogens (tertiary/aromatic N) is 1. The number of alkyl halides is 3. The number of carbonyl (C=O) groups excluding carboxylic acids is 3. The van der Waals surface area contributed by atoms with Gasteiger partial charge in [0.1, 0.15) is 12.6 Å². The number of esters is 1. The highest BCUT2D eigenvalue weighted by Crippen LogP contribution is 2.32. The third-order valence-electron chi connectivity index (χ3n) is 3.07. The van der Waals surface area contributed by atoms with E-state index in [-0.39, 0.29) is 12.1 Å². The van der Waals surface area contributed by atoms with E-state index < -0.39 is 30.8 Å². The molecule has 0 aliphatic heterocycles. The van der Waals surface area contributed by atoms with E-state index in [2.05, 4.69) is 15.9 Å². The Hall–Kier alpha value is -1.86. The Kier molecular flexibility index (Phi) is 10.2. The Morgan fingerprint density at radius 1 is 1.19 bits per heavy atom. The van der Waals surface area contributed by atoms with Crippen LogP contribution in [0.1, 0.15) is 27.7 Å². The molecule has 0 bridgehead atoms. The standard InChI is InChI=1S/C16H21BrF3NO2.CO2/c1-10(2)14(15(22)23-11(3)4)21(9-16(18,19)20)13-8-6-5-7-12(13)17;2-1-3/h5-8,10-11,14H,9H2,1-4H3;. The summed E-state index contributed by atoms with van der Waals surface area (Å²) in [4.78, 5) is 29.7. The number of benzene rings is 1. The molecule has 1 atom stereocenters. The summed E-state index contributed by atoms with van der Waals surface area (Å²) < 4.78 is 44.9. The minimum atomic E-state index is -4.44. The Balaban J connectivity index is 0.00000194. The van der Waals surface area contributed by atoms with Crippen molar-refractivity contribution in [2.75, 3.05) is 11.4 Å². The molecule has 0 aliphatic carbocycles. The zero-order valence-corrected chi connectivity index (χ0v) is 16.4. The lowest BCUT2D eigenvalue weighted by molar-refractivity contribution is -0.191. The Morgan fingerprint density at radius 3 is 2.08 bits per heavy atom. The minimum Gasteiger partial charge on any atom is -0.461 e. The van der Waals surface area contributed by atoms with Crippen molar-refractivity contribution in [2.45, 2.75) is 46.0 Å². The molecular formula is C17H21BrF3NO4. The van der Waals surface area contributed by atoms with E-state index in [4.69, 9.17) is 14.3 Å². The van der Waals surface area contributed by atoms with Crippen molar-refractivity contribution in [2.24, 2.45) is 5.92 Å². The average Bonchev–Trinajstić information content (AvgIpc) is 2.45. The molecule has 1 rings (SSSR count). The predicted octanol–water partition coefficient (Wildman–Crippen LogP) is 4.21. The largest absolute Gasteiger partial charge is 0.461 e. The highest BCUT2D eigenvalue weighted by atomic mass is 79.9. The summed E-state index contributed by atoms with van der Waals surface area (Å²) in [5.74, 6) is -1.01. The molecule has 0 spiro atoms. The molecule has 0 heterocycles. The quantitative estimate of drug-likeness (QED) is 0.621. The monoisotopic (exact) mass is 439 g/mol. The van der Waals surface area contributed by atoms with E-state index >= 15 is 0 Å². The van der Waals surface area contributed by atoms with Crippen LogP contribution < -0.4 is 4.90 Å². The van der Waals surface area contributed by atoms with Crippen LogP contribution in [0.15, 0.2) is 28.7 Å². The summed E-state index contributed by atoms with van der Waals surface area (Å²) in [6.07, 6.45) is -4.59. The van der Waals surface area contributed by atoms with Crippen molar-refractivity contribution < 1.29 is 32.3 Å². The third-order valence-corrected chi connectivity index (χ3v) is 3.74. The second-order valence-corrected chi connectivity index (χ2v) is 6.81. The fraction of sp³-hybridized carbons (Fsp3) is 0.529. The van der Waals surface area contributed by atoms with Crippen molar-refractivity contribution in [3.63, 3.8) is 0 Å². The lowest BCUT2D eigenvalue weighted by Gasteiger charge is -2.36. The summed E-state index contributed by atoms with van der Waals surface area (Å²) in [7, 11) is 0. The Morgan fingerprint density at radius 2 is 1.69 bits per heavy atom. The zero-order valence-electron chi connectivity index (χ0n) is 14.8. The fourth-order valence-corrected chi connectivity index (χ4v) is 2.79. The van der Waals surface area contributed by atoms with Gasteiger partial charge in [-0.05, 0) is 47.8 Å². The van der Waals surface area contributed by atoms with E-state index in [1.807, 2.05) is 0 Å². The molecule has 0 saturated heterocycles. The molecule has 146 valence electrons. The first-order valence-corrected chi connectivity index (χ1v) is 8.51. The number of hydrogen-bond acceptors (Lipinski definition) is 5. The summed E-state index contributed by atoms with van der Waals surface area (Å²) in [6.45, 7) is 5.51. The highest BCUT2D eigenvalue weighted by molar-refractivity contribution is 9.10. The number of halogens is 4. The molecule has 9 heteroatoms. The second-order valence-electron chi connectivity index (χ2n) is 5.95. The SMILES string of the molecule is CC(C)OC(=O)C(C(C)C)N(CC(F)(F)F)c1ccccc1Br.O=C=O. The van der Waals surface area contributed by atoms with Gasteiger partial charge >= 0.3 is 18.3 Å². The molecule has 0 N–H and O–H groups in total. The highest BCUT2D eigenvalue weighted by Gasteiger charge is 2.39. The van der Waals surface area contributed by atoms with Gasteiger partial charge in [-0.25, -0.2) is 4.79 Å². The summed E-state index contributed by atoms with van der Waals surface area (Å²) in [6, 6.07) is 5.50. The summed E-state index contributed by atoms with van der Waals surface area (Å²) in [5.41, 5.74) is 0.309. The van der Waals surface area contributed by atoms with E-state index in [1.54, 1.807) is 52.0 Å². The smallest absolute Gasteiger partial charge is 0.405 e. The fourth-order valence-electron chi connectivity index (χ4n) is 2.27. The van der Waals surface area contributed by atoms with Crippen molar-refractivity contribution in [1.82, 2.24) is 0 Å². The van der Waals surface area contributed by atoms with Crippen molar-refractivity contribution in [3.8, 4) is 0 Å². The first kappa shape index (κ1) is 24.1. The van der Waals surface area contributed by atoms with Gasteiger partial charge in [0.05, 0.1) is 11.8 Å². The van der Waals surface area contributed by atoms with Crippen LogP contribution in [-0.2, 0) is 19.1 Å². The van der Waals surface area contributed by atoms with Crippen molar-refractivity contribution in [3.05, 3.63) is 28.7 Å². The molecule has 0 aliphatic rings. The molecule has 5 nitrogen and oxygen atoms in total. The van der Waals surface area contributed by atoms with Crippen LogP contribution >= 0.6 is 15.9 Å². The zero-order chi connectivity index (χ0) is 20.5. The number of anilines is 1. The minimum absolute atomic E-state index is 0.250. The Labute approximate surface area is 158 Å². The number of rotatable bonds is 6. The molecule has 0 radical (unpaired) electrons. The lowest BCUT2D eigenvalue weighted by atomic mass is 10.0. The molecule has 0 saturated carbocycles. The molecule has 0 amide bonds. The second kappa shape index (κ2) is 11.0. The number of carbonyl (C=O) groups is 1. The van der Waals surface area contributed by atoms with Gasteiger partial charge in [-0.1, -0.05) is 26.0 Å². The van der Waals surface area contributed by atoms with Gasteiger partial charge < -0.3 is 9.64 Å². The maximum atomic E-state index is 13.1. The van der Waals surface area contributed by atoms with Crippen LogP contribution in [0.3, 0.4) is 0 Å². The molecule has 0 aromatic heterocycles. The number of ether oxygens (including phenoxy) is 1. The van der Waals surface area contributed by atoms with Gasteiger partial charge in [-0.2, -0.15) is 22.8 Å². The van der Waals surface area contributed by atoms with Crippen molar-refractivity contribution >= 4 is 33.7 Å². The first-order valence-electron chi connectivity index (χ1n) is 7.72. The summed E-state index contributed by atoms with van der Waals surface area (Å²) >= 11 is 3.26. The topological polar surface area (TPSA) is 63.7 Å². The molecule has 1 aromatic rings. The molecule has 1 unspecified atom stereocenters. The molecule has 26 heavy (non-hydrogen) atoms. The maximum Gasteiger partial charge on any atom is 0.405 e. The predicted molar refractivity (Wildman–Crippen MR) is 92.4 cm³/mol. The van der Waals surface area contributed by atoms with E-state index in [1.165, 1.54) is 0 Å². The van der Waals surface area contributed by atoms with E-state index in [0.29, 0.717) is 10.2 Å². The first-order chi connectivity index (χ1) is 11.9. The average molecular weight is 440 g/mol. The van der Waals surface area contributed by atoms with Gasteiger partial charge in [0.25, 0.3) is 0 Å². The third kappa shape index (κ3) is 8.49. The molecular weight excluding hydrogens is 419 g/mol. The molecule has 0 fully saturated rings. The van der Waals surface area contributed by atoms with Gasteiger partial charge in [0.15, 0.2) is 0 Å². The van der Waals surface area contributed by atoms with E-state index in [0.717, 1.165) is 4.90 Å². The van der Waals surface area contributed by atoms with Gasteiger partial charge in [-0.3, -0.25) is 0 Å². The lowest BCUT2D eigenvalue weighted by Crippen LogP contribution is -2.50. The number of para-hydroxylation sites is 1. The van der Waals surface area contributed by atoms with Crippen LogP contribution in [0, 0.1) is 5.92 Å². The number of hydrogen-bond donors (Lipinski definition) is 0. The summed E-state index contributed by atoms with van der Waals surface area (Å²) in [5, 5.41) is 0. The van der Waals surface area contributed by atoms with Gasteiger partial charge in [0, 0.05) is 4.47 Å². The van der Waals surface area contributed by atoms with Crippen LogP contribution in [0.5, 0.6) is 0 Å². The van der Waals surface area contributed by atoms with Gasteiger partial charge in [0.2, 0.25) is 0 Å². The van der Waals surface area contributed by atoms with Crippen LogP contribution in [-0.4, -0.2) is 37.0 Å². The normalized spacial score (nSPS) is 12.1. The molecule has 1 aromatic carbocycles. The van der Waals surface area contributed by atoms with Crippen LogP contribution in [0.2, 0.25) is 0 Å².